The molecular weight excluding hydrogens is 466 g/mol. The zero-order valence-corrected chi connectivity index (χ0v) is 22.7. The van der Waals surface area contributed by atoms with E-state index in [1.54, 1.807) is 6.92 Å². The van der Waals surface area contributed by atoms with Gasteiger partial charge in [-0.15, -0.1) is 5.92 Å². The maximum Gasteiger partial charge on any atom is 0.236 e. The summed E-state index contributed by atoms with van der Waals surface area (Å²) in [6.07, 6.45) is 5.28. The van der Waals surface area contributed by atoms with Gasteiger partial charge in [0.05, 0.1) is 25.4 Å². The largest absolute Gasteiger partial charge is 0.385 e. The Morgan fingerprint density at radius 1 is 0.973 bits per heavy atom. The first-order valence-electron chi connectivity index (χ1n) is 13.9. The van der Waals surface area contributed by atoms with Crippen LogP contribution in [0.3, 0.4) is 0 Å². The van der Waals surface area contributed by atoms with Crippen LogP contribution in [0.15, 0.2) is 35.4 Å². The minimum absolute atomic E-state index is 0.0793. The summed E-state index contributed by atoms with van der Waals surface area (Å²) in [6.45, 7) is 5.65. The molecule has 6 heteroatoms. The van der Waals surface area contributed by atoms with Gasteiger partial charge in [-0.3, -0.25) is 0 Å². The van der Waals surface area contributed by atoms with Gasteiger partial charge in [0.2, 0.25) is 5.79 Å². The van der Waals surface area contributed by atoms with Crippen LogP contribution in [0.5, 0.6) is 0 Å². The highest BCUT2D eigenvalue weighted by Gasteiger charge is 2.64. The van der Waals surface area contributed by atoms with Crippen molar-refractivity contribution < 1.29 is 24.4 Å². The zero-order valence-electron chi connectivity index (χ0n) is 22.7. The fraction of sp³-hybridized carbons (Fsp3) is 0.677. The van der Waals surface area contributed by atoms with E-state index >= 15 is 0 Å². The molecule has 0 bridgehead atoms. The van der Waals surface area contributed by atoms with Crippen LogP contribution in [0.1, 0.15) is 70.3 Å². The molecule has 0 unspecified atom stereocenters. The van der Waals surface area contributed by atoms with Crippen LogP contribution < -0.4 is 4.90 Å². The number of hydrogen-bond donors (Lipinski definition) is 2. The van der Waals surface area contributed by atoms with Gasteiger partial charge in [0.1, 0.15) is 0 Å². The van der Waals surface area contributed by atoms with Crippen molar-refractivity contribution in [3.05, 3.63) is 41.0 Å². The zero-order chi connectivity index (χ0) is 26.1. The highest BCUT2D eigenvalue weighted by molar-refractivity contribution is 5.50. The molecule has 1 aromatic carbocycles. The first-order chi connectivity index (χ1) is 17.6. The van der Waals surface area contributed by atoms with Gasteiger partial charge in [-0.2, -0.15) is 0 Å². The fourth-order valence-corrected chi connectivity index (χ4v) is 8.43. The molecule has 1 spiro atoms. The number of anilines is 1. The molecule has 2 saturated heterocycles. The average molecular weight is 508 g/mol. The molecule has 0 radical (unpaired) electrons. The predicted octanol–water partition coefficient (Wildman–Crippen LogP) is 4.36. The van der Waals surface area contributed by atoms with Crippen LogP contribution in [0.4, 0.5) is 5.69 Å². The number of fused-ring (bicyclic) bond motifs is 4. The van der Waals surface area contributed by atoms with Crippen LogP contribution in [0.25, 0.3) is 0 Å². The SMILES string of the molecule is CC#C[C@@]1(O)OCC[C@H]2[C@@H]3CC[C@@]4(O)CC5(CCC4=C3[C@@H](c3ccc(N(C)C)cc3)C[C@@]21C)OCCO5. The number of ether oxygens (including phenoxy) is 3. The monoisotopic (exact) mass is 507 g/mol. The van der Waals surface area contributed by atoms with E-state index in [0.717, 1.165) is 37.8 Å². The molecule has 200 valence electrons. The summed E-state index contributed by atoms with van der Waals surface area (Å²) in [4.78, 5) is 2.11. The van der Waals surface area contributed by atoms with Crippen molar-refractivity contribution in [1.29, 1.82) is 0 Å². The molecule has 6 nitrogen and oxygen atoms in total. The van der Waals surface area contributed by atoms with Crippen molar-refractivity contribution in [2.45, 2.75) is 81.9 Å². The second-order valence-electron chi connectivity index (χ2n) is 12.3. The third-order valence-electron chi connectivity index (χ3n) is 10.2. The van der Waals surface area contributed by atoms with E-state index in [1.165, 1.54) is 16.7 Å². The molecule has 5 aliphatic rings. The van der Waals surface area contributed by atoms with Crippen LogP contribution in [0.2, 0.25) is 0 Å². The van der Waals surface area contributed by atoms with E-state index in [1.807, 2.05) is 0 Å². The number of nitrogens with zero attached hydrogens (tertiary/aromatic N) is 1. The lowest BCUT2D eigenvalue weighted by molar-refractivity contribution is -0.286. The Hall–Kier alpha value is -1.88. The minimum Gasteiger partial charge on any atom is -0.385 e. The first-order valence-corrected chi connectivity index (χ1v) is 13.9. The normalized spacial score (nSPS) is 40.3. The molecule has 2 heterocycles. The molecule has 37 heavy (non-hydrogen) atoms. The topological polar surface area (TPSA) is 71.4 Å². The van der Waals surface area contributed by atoms with Crippen LogP contribution >= 0.6 is 0 Å². The molecule has 6 rings (SSSR count). The highest BCUT2D eigenvalue weighted by atomic mass is 16.7. The van der Waals surface area contributed by atoms with Crippen molar-refractivity contribution >= 4 is 5.69 Å². The maximum atomic E-state index is 12.2. The van der Waals surface area contributed by atoms with Gasteiger partial charge >= 0.3 is 0 Å². The van der Waals surface area contributed by atoms with E-state index in [2.05, 4.69) is 62.0 Å². The van der Waals surface area contributed by atoms with E-state index in [0.29, 0.717) is 32.7 Å². The van der Waals surface area contributed by atoms with Gasteiger partial charge in [-0.1, -0.05) is 24.6 Å². The van der Waals surface area contributed by atoms with E-state index in [-0.39, 0.29) is 17.8 Å². The predicted molar refractivity (Wildman–Crippen MR) is 142 cm³/mol. The standard InChI is InChI=1S/C31H41NO5/c1-5-13-31(34)28(2)19-24(21-6-8-22(9-7-21)32(3)4)27-23(25(28)12-16-37-31)10-14-29(33)20-30(15-11-26(27)29)35-17-18-36-30/h6-9,23-25,33-34H,10-12,14-20H2,1-4H3/t23-,24+,25-,28-,29+,31+/m0/s1. The van der Waals surface area contributed by atoms with Gasteiger partial charge in [-0.25, -0.2) is 0 Å². The smallest absolute Gasteiger partial charge is 0.236 e. The quantitative estimate of drug-likeness (QED) is 0.458. The summed E-state index contributed by atoms with van der Waals surface area (Å²) in [7, 11) is 4.11. The fourth-order valence-electron chi connectivity index (χ4n) is 8.43. The minimum atomic E-state index is -1.47. The number of allylic oxidation sites excluding steroid dienone is 1. The van der Waals surface area contributed by atoms with E-state index in [4.69, 9.17) is 14.2 Å². The van der Waals surface area contributed by atoms with Crippen molar-refractivity contribution in [3.8, 4) is 11.8 Å². The average Bonchev–Trinajstić information content (AvgIpc) is 3.31. The Morgan fingerprint density at radius 3 is 2.38 bits per heavy atom. The van der Waals surface area contributed by atoms with Crippen LogP contribution in [-0.2, 0) is 14.2 Å². The third kappa shape index (κ3) is 3.81. The third-order valence-corrected chi connectivity index (χ3v) is 10.2. The molecule has 4 fully saturated rings. The van der Waals surface area contributed by atoms with Gasteiger partial charge in [0.15, 0.2) is 5.79 Å². The lowest BCUT2D eigenvalue weighted by Crippen LogP contribution is -2.62. The van der Waals surface area contributed by atoms with Crippen molar-refractivity contribution in [1.82, 2.24) is 0 Å². The lowest BCUT2D eigenvalue weighted by Gasteiger charge is -2.61. The van der Waals surface area contributed by atoms with E-state index < -0.39 is 22.6 Å². The van der Waals surface area contributed by atoms with Gasteiger partial charge in [0, 0.05) is 44.0 Å². The molecule has 1 aromatic rings. The summed E-state index contributed by atoms with van der Waals surface area (Å²) in [6, 6.07) is 8.79. The molecule has 2 N–H and O–H groups in total. The van der Waals surface area contributed by atoms with Crippen LogP contribution in [0, 0.1) is 29.1 Å². The second kappa shape index (κ2) is 8.83. The summed E-state index contributed by atoms with van der Waals surface area (Å²) in [5.74, 6) is 4.50. The van der Waals surface area contributed by atoms with Crippen LogP contribution in [-0.4, -0.2) is 61.3 Å². The molecule has 0 aromatic heterocycles. The Morgan fingerprint density at radius 2 is 1.70 bits per heavy atom. The van der Waals surface area contributed by atoms with Crippen molar-refractivity contribution in [2.24, 2.45) is 17.3 Å². The molecule has 2 aliphatic heterocycles. The second-order valence-corrected chi connectivity index (χ2v) is 12.3. The van der Waals surface area contributed by atoms with Gasteiger partial charge < -0.3 is 29.3 Å². The summed E-state index contributed by atoms with van der Waals surface area (Å²) >= 11 is 0. The summed E-state index contributed by atoms with van der Waals surface area (Å²) in [5, 5.41) is 24.0. The Kier molecular flexibility index (Phi) is 6.06. The Bertz CT molecular complexity index is 1140. The summed E-state index contributed by atoms with van der Waals surface area (Å²) < 4.78 is 18.2. The summed E-state index contributed by atoms with van der Waals surface area (Å²) in [5.41, 5.74) is 3.56. The molecule has 2 saturated carbocycles. The van der Waals surface area contributed by atoms with Gasteiger partial charge in [0.25, 0.3) is 0 Å². The van der Waals surface area contributed by atoms with Gasteiger partial charge in [-0.05, 0) is 80.1 Å². The number of benzene rings is 1. The lowest BCUT2D eigenvalue weighted by atomic mass is 9.47. The van der Waals surface area contributed by atoms with Crippen molar-refractivity contribution in [2.75, 3.05) is 38.8 Å². The Balaban J connectivity index is 1.49. The molecule has 3 aliphatic carbocycles. The number of rotatable bonds is 2. The van der Waals surface area contributed by atoms with Crippen molar-refractivity contribution in [3.63, 3.8) is 0 Å². The molecule has 0 amide bonds. The first kappa shape index (κ1) is 25.4. The number of aliphatic hydroxyl groups is 2. The van der Waals surface area contributed by atoms with E-state index in [9.17, 15) is 10.2 Å². The number of hydrogen-bond acceptors (Lipinski definition) is 6. The molecule has 6 atom stereocenters. The maximum absolute atomic E-state index is 12.2. The molecular formula is C31H41NO5. The highest BCUT2D eigenvalue weighted by Crippen LogP contribution is 2.65. The Labute approximate surface area is 221 Å².